The molecular weight excluding hydrogens is 238 g/mol. The summed E-state index contributed by atoms with van der Waals surface area (Å²) >= 11 is 0. The van der Waals surface area contributed by atoms with Crippen LogP contribution in [0.1, 0.15) is 29.6 Å². The smallest absolute Gasteiger partial charge is 0.310 e. The molecule has 0 aliphatic heterocycles. The average molecular weight is 253 g/mol. The third-order valence-electron chi connectivity index (χ3n) is 2.38. The van der Waals surface area contributed by atoms with Crippen LogP contribution >= 0.6 is 0 Å². The highest BCUT2D eigenvalue weighted by Crippen LogP contribution is 2.27. The number of aliphatic hydroxyl groups excluding tert-OH is 1. The number of ether oxygens (including phenoxy) is 1. The second-order valence-corrected chi connectivity index (χ2v) is 3.73. The van der Waals surface area contributed by atoms with Crippen LogP contribution in [-0.4, -0.2) is 29.5 Å². The van der Waals surface area contributed by atoms with E-state index in [9.17, 15) is 14.9 Å². The van der Waals surface area contributed by atoms with Gasteiger partial charge in [-0.25, -0.2) is 0 Å². The fourth-order valence-corrected chi connectivity index (χ4v) is 1.44. The topological polar surface area (TPSA) is 89.7 Å². The predicted octanol–water partition coefficient (Wildman–Crippen LogP) is 1.95. The summed E-state index contributed by atoms with van der Waals surface area (Å²) in [6.45, 7) is 0.448. The van der Waals surface area contributed by atoms with Crippen molar-refractivity contribution in [1.82, 2.24) is 0 Å². The van der Waals surface area contributed by atoms with E-state index in [1.54, 1.807) is 0 Å². The zero-order valence-corrected chi connectivity index (χ0v) is 9.87. The maximum absolute atomic E-state index is 10.8. The number of nitro benzene ring substituents is 1. The van der Waals surface area contributed by atoms with Gasteiger partial charge in [0.2, 0.25) is 0 Å². The summed E-state index contributed by atoms with van der Waals surface area (Å²) in [6, 6.07) is 3.99. The van der Waals surface area contributed by atoms with Gasteiger partial charge in [-0.2, -0.15) is 0 Å². The Labute approximate surface area is 104 Å². The minimum atomic E-state index is -0.544. The predicted molar refractivity (Wildman–Crippen MR) is 64.9 cm³/mol. The molecule has 0 radical (unpaired) electrons. The van der Waals surface area contributed by atoms with Crippen LogP contribution in [-0.2, 0) is 0 Å². The molecule has 0 aromatic heterocycles. The van der Waals surface area contributed by atoms with Crippen molar-refractivity contribution in [3.63, 3.8) is 0 Å². The normalized spacial score (nSPS) is 10.1. The molecule has 0 bridgehead atoms. The minimum Gasteiger partial charge on any atom is -0.487 e. The molecule has 0 heterocycles. The summed E-state index contributed by atoms with van der Waals surface area (Å²) in [5.41, 5.74) is 0.189. The maximum atomic E-state index is 10.8. The molecule has 98 valence electrons. The Morgan fingerprint density at radius 1 is 1.33 bits per heavy atom. The standard InChI is InChI=1S/C12H15NO5/c14-6-2-1-3-7-18-12-8-10(9-15)4-5-11(12)13(16)17/h4-5,8-9,14H,1-3,6-7H2. The number of hydrogen-bond donors (Lipinski definition) is 1. The van der Waals surface area contributed by atoms with Crippen LogP contribution < -0.4 is 4.74 Å². The number of carbonyl (C=O) groups excluding carboxylic acids is 1. The van der Waals surface area contributed by atoms with E-state index < -0.39 is 4.92 Å². The van der Waals surface area contributed by atoms with E-state index in [0.717, 1.165) is 6.42 Å². The number of nitro groups is 1. The van der Waals surface area contributed by atoms with E-state index in [1.165, 1.54) is 18.2 Å². The van der Waals surface area contributed by atoms with Crippen molar-refractivity contribution in [3.05, 3.63) is 33.9 Å². The molecular formula is C12H15NO5. The zero-order valence-electron chi connectivity index (χ0n) is 9.87. The SMILES string of the molecule is O=Cc1ccc([N+](=O)[O-])c(OCCCCCO)c1. The second kappa shape index (κ2) is 7.39. The van der Waals surface area contributed by atoms with E-state index >= 15 is 0 Å². The fraction of sp³-hybridized carbons (Fsp3) is 0.417. The van der Waals surface area contributed by atoms with Gasteiger partial charge in [-0.15, -0.1) is 0 Å². The van der Waals surface area contributed by atoms with E-state index in [4.69, 9.17) is 9.84 Å². The summed E-state index contributed by atoms with van der Waals surface area (Å²) in [5, 5.41) is 19.4. The molecule has 0 saturated heterocycles. The highest BCUT2D eigenvalue weighted by atomic mass is 16.6. The zero-order chi connectivity index (χ0) is 13.4. The number of unbranched alkanes of at least 4 members (excludes halogenated alkanes) is 2. The number of rotatable bonds is 8. The second-order valence-electron chi connectivity index (χ2n) is 3.73. The van der Waals surface area contributed by atoms with Crippen molar-refractivity contribution in [2.75, 3.05) is 13.2 Å². The summed E-state index contributed by atoms with van der Waals surface area (Å²) < 4.78 is 5.31. The first-order chi connectivity index (χ1) is 8.69. The van der Waals surface area contributed by atoms with Gasteiger partial charge >= 0.3 is 5.69 Å². The van der Waals surface area contributed by atoms with Gasteiger partial charge in [0.05, 0.1) is 11.5 Å². The van der Waals surface area contributed by atoms with E-state index in [1.807, 2.05) is 0 Å². The summed E-state index contributed by atoms with van der Waals surface area (Å²) in [7, 11) is 0. The summed E-state index contributed by atoms with van der Waals surface area (Å²) in [5.74, 6) is 0.105. The number of benzene rings is 1. The molecule has 0 unspecified atom stereocenters. The van der Waals surface area contributed by atoms with Gasteiger partial charge in [-0.05, 0) is 31.4 Å². The molecule has 18 heavy (non-hydrogen) atoms. The van der Waals surface area contributed by atoms with Gasteiger partial charge in [0.25, 0.3) is 0 Å². The van der Waals surface area contributed by atoms with Gasteiger partial charge in [0.1, 0.15) is 6.29 Å². The van der Waals surface area contributed by atoms with Crippen LogP contribution in [0.3, 0.4) is 0 Å². The van der Waals surface area contributed by atoms with Gasteiger partial charge in [-0.1, -0.05) is 0 Å². The summed E-state index contributed by atoms with van der Waals surface area (Å²) in [6.07, 6.45) is 2.78. The lowest BCUT2D eigenvalue weighted by Crippen LogP contribution is -2.01. The molecule has 6 heteroatoms. The largest absolute Gasteiger partial charge is 0.487 e. The fourth-order valence-electron chi connectivity index (χ4n) is 1.44. The molecule has 6 nitrogen and oxygen atoms in total. The molecule has 0 fully saturated rings. The molecule has 0 spiro atoms. The lowest BCUT2D eigenvalue weighted by atomic mass is 10.2. The van der Waals surface area contributed by atoms with Crippen LogP contribution in [0.15, 0.2) is 18.2 Å². The van der Waals surface area contributed by atoms with E-state index in [-0.39, 0.29) is 18.0 Å². The Kier molecular flexibility index (Phi) is 5.79. The third kappa shape index (κ3) is 4.14. The first-order valence-corrected chi connectivity index (χ1v) is 5.66. The lowest BCUT2D eigenvalue weighted by molar-refractivity contribution is -0.385. The van der Waals surface area contributed by atoms with E-state index in [2.05, 4.69) is 0 Å². The highest BCUT2D eigenvalue weighted by molar-refractivity contribution is 5.76. The molecule has 0 aliphatic carbocycles. The number of aldehydes is 1. The quantitative estimate of drug-likeness (QED) is 0.331. The number of nitrogens with zero attached hydrogens (tertiary/aromatic N) is 1. The van der Waals surface area contributed by atoms with Crippen LogP contribution in [0.2, 0.25) is 0 Å². The van der Waals surface area contributed by atoms with Crippen LogP contribution in [0.4, 0.5) is 5.69 Å². The average Bonchev–Trinajstić information content (AvgIpc) is 2.38. The van der Waals surface area contributed by atoms with Crippen molar-refractivity contribution in [2.24, 2.45) is 0 Å². The molecule has 0 amide bonds. The Morgan fingerprint density at radius 2 is 2.11 bits per heavy atom. The lowest BCUT2D eigenvalue weighted by Gasteiger charge is -2.06. The first-order valence-electron chi connectivity index (χ1n) is 5.66. The molecule has 1 rings (SSSR count). The Morgan fingerprint density at radius 3 is 2.72 bits per heavy atom. The van der Waals surface area contributed by atoms with Crippen LogP contribution in [0.25, 0.3) is 0 Å². The molecule has 1 aromatic rings. The molecule has 0 saturated carbocycles. The van der Waals surface area contributed by atoms with Crippen molar-refractivity contribution < 1.29 is 19.6 Å². The molecule has 1 N–H and O–H groups in total. The van der Waals surface area contributed by atoms with Gasteiger partial charge in [0, 0.05) is 18.2 Å². The molecule has 0 aliphatic rings. The monoisotopic (exact) mass is 253 g/mol. The molecule has 0 atom stereocenters. The molecule has 1 aromatic carbocycles. The van der Waals surface area contributed by atoms with Crippen molar-refractivity contribution in [3.8, 4) is 5.75 Å². The third-order valence-corrected chi connectivity index (χ3v) is 2.38. The number of carbonyl (C=O) groups is 1. The Balaban J connectivity index is 2.66. The van der Waals surface area contributed by atoms with Crippen molar-refractivity contribution in [1.29, 1.82) is 0 Å². The summed E-state index contributed by atoms with van der Waals surface area (Å²) in [4.78, 5) is 20.8. The van der Waals surface area contributed by atoms with E-state index in [0.29, 0.717) is 31.3 Å². The van der Waals surface area contributed by atoms with Crippen LogP contribution in [0.5, 0.6) is 5.75 Å². The highest BCUT2D eigenvalue weighted by Gasteiger charge is 2.15. The number of hydrogen-bond acceptors (Lipinski definition) is 5. The van der Waals surface area contributed by atoms with Crippen LogP contribution in [0, 0.1) is 10.1 Å². The number of aliphatic hydroxyl groups is 1. The minimum absolute atomic E-state index is 0.105. The maximum Gasteiger partial charge on any atom is 0.310 e. The Bertz CT molecular complexity index is 419. The van der Waals surface area contributed by atoms with Gasteiger partial charge in [0.15, 0.2) is 5.75 Å². The van der Waals surface area contributed by atoms with Crippen molar-refractivity contribution in [2.45, 2.75) is 19.3 Å². The Hall–Kier alpha value is -1.95. The first kappa shape index (κ1) is 14.1. The van der Waals surface area contributed by atoms with Crippen molar-refractivity contribution >= 4 is 12.0 Å². The van der Waals surface area contributed by atoms with Gasteiger partial charge in [-0.3, -0.25) is 14.9 Å². The van der Waals surface area contributed by atoms with Gasteiger partial charge < -0.3 is 9.84 Å².